The Labute approximate surface area is 137 Å². The molecule has 0 fully saturated rings. The monoisotopic (exact) mass is 334 g/mol. The summed E-state index contributed by atoms with van der Waals surface area (Å²) < 4.78 is 16.2. The van der Waals surface area contributed by atoms with E-state index in [0.29, 0.717) is 6.61 Å². The molecule has 0 aromatic heterocycles. The molecule has 136 valence electrons. The van der Waals surface area contributed by atoms with Crippen molar-refractivity contribution in [1.82, 2.24) is 0 Å². The first-order valence-electron chi connectivity index (χ1n) is 8.02. The predicted molar refractivity (Wildman–Crippen MR) is 83.9 cm³/mol. The van der Waals surface area contributed by atoms with Gasteiger partial charge >= 0.3 is 11.9 Å². The number of aliphatic hydroxyl groups excluding tert-OH is 1. The Kier molecular flexibility index (Phi) is 10.8. The highest BCUT2D eigenvalue weighted by Crippen LogP contribution is 2.28. The third-order valence-corrected chi connectivity index (χ3v) is 3.77. The van der Waals surface area contributed by atoms with Crippen molar-refractivity contribution in [3.63, 3.8) is 0 Å². The molecule has 2 unspecified atom stereocenters. The van der Waals surface area contributed by atoms with Crippen LogP contribution in [0.25, 0.3) is 0 Å². The molecule has 23 heavy (non-hydrogen) atoms. The number of rotatable bonds is 13. The summed E-state index contributed by atoms with van der Waals surface area (Å²) >= 11 is 0. The normalized spacial score (nSPS) is 14.3. The summed E-state index contributed by atoms with van der Waals surface area (Å²) in [4.78, 5) is 22.0. The minimum Gasteiger partial charge on any atom is -0.481 e. The SMILES string of the molecule is CCOC(COC(=O)CCCC(=O)O)OC(CO)C(C)(C)CC. The van der Waals surface area contributed by atoms with Crippen LogP contribution in [-0.2, 0) is 23.8 Å². The first-order chi connectivity index (χ1) is 10.8. The van der Waals surface area contributed by atoms with Gasteiger partial charge in [-0.2, -0.15) is 0 Å². The average Bonchev–Trinajstić information content (AvgIpc) is 2.49. The Morgan fingerprint density at radius 2 is 1.83 bits per heavy atom. The molecule has 0 radical (unpaired) electrons. The van der Waals surface area contributed by atoms with Crippen LogP contribution in [0.2, 0.25) is 0 Å². The molecule has 0 bridgehead atoms. The van der Waals surface area contributed by atoms with Gasteiger partial charge < -0.3 is 24.4 Å². The van der Waals surface area contributed by atoms with E-state index in [9.17, 15) is 14.7 Å². The zero-order valence-corrected chi connectivity index (χ0v) is 14.5. The lowest BCUT2D eigenvalue weighted by Gasteiger charge is -2.34. The number of carboxylic acids is 1. The van der Waals surface area contributed by atoms with E-state index < -0.39 is 24.3 Å². The van der Waals surface area contributed by atoms with Crippen molar-refractivity contribution < 1.29 is 34.0 Å². The molecule has 7 heteroatoms. The lowest BCUT2D eigenvalue weighted by Crippen LogP contribution is -2.40. The number of carboxylic acid groups (broad SMARTS) is 1. The molecule has 0 aromatic carbocycles. The van der Waals surface area contributed by atoms with Crippen LogP contribution < -0.4 is 0 Å². The zero-order chi connectivity index (χ0) is 17.9. The fraction of sp³-hybridized carbons (Fsp3) is 0.875. The molecule has 0 aliphatic rings. The van der Waals surface area contributed by atoms with Crippen molar-refractivity contribution in [2.24, 2.45) is 5.41 Å². The summed E-state index contributed by atoms with van der Waals surface area (Å²) in [5, 5.41) is 18.0. The highest BCUT2D eigenvalue weighted by Gasteiger charge is 2.31. The second-order valence-electron chi connectivity index (χ2n) is 5.96. The van der Waals surface area contributed by atoms with Crippen LogP contribution in [0.1, 0.15) is 53.4 Å². The van der Waals surface area contributed by atoms with Gasteiger partial charge in [-0.3, -0.25) is 9.59 Å². The van der Waals surface area contributed by atoms with Crippen molar-refractivity contribution in [1.29, 1.82) is 0 Å². The quantitative estimate of drug-likeness (QED) is 0.392. The first kappa shape index (κ1) is 21.8. The molecule has 0 saturated heterocycles. The van der Waals surface area contributed by atoms with Gasteiger partial charge in [-0.25, -0.2) is 0 Å². The average molecular weight is 334 g/mol. The minimum atomic E-state index is -0.944. The number of hydrogen-bond acceptors (Lipinski definition) is 6. The number of aliphatic carboxylic acids is 1. The van der Waals surface area contributed by atoms with Gasteiger partial charge in [0, 0.05) is 19.4 Å². The van der Waals surface area contributed by atoms with Gasteiger partial charge in [0.25, 0.3) is 0 Å². The lowest BCUT2D eigenvalue weighted by atomic mass is 9.84. The number of carbonyl (C=O) groups is 2. The smallest absolute Gasteiger partial charge is 0.305 e. The molecule has 2 atom stereocenters. The Balaban J connectivity index is 4.39. The van der Waals surface area contributed by atoms with Crippen molar-refractivity contribution in [2.45, 2.75) is 65.8 Å². The van der Waals surface area contributed by atoms with Crippen LogP contribution in [0.15, 0.2) is 0 Å². The fourth-order valence-electron chi connectivity index (χ4n) is 1.81. The van der Waals surface area contributed by atoms with Crippen LogP contribution >= 0.6 is 0 Å². The summed E-state index contributed by atoms with van der Waals surface area (Å²) in [5.74, 6) is -1.43. The van der Waals surface area contributed by atoms with Crippen LogP contribution in [-0.4, -0.2) is 54.4 Å². The van der Waals surface area contributed by atoms with Gasteiger partial charge in [-0.15, -0.1) is 0 Å². The molecular formula is C16H30O7. The van der Waals surface area contributed by atoms with Gasteiger partial charge in [0.1, 0.15) is 6.61 Å². The largest absolute Gasteiger partial charge is 0.481 e. The number of carbonyl (C=O) groups excluding carboxylic acids is 1. The molecule has 0 saturated carbocycles. The maximum atomic E-state index is 11.6. The Morgan fingerprint density at radius 3 is 2.30 bits per heavy atom. The zero-order valence-electron chi connectivity index (χ0n) is 14.5. The summed E-state index contributed by atoms with van der Waals surface area (Å²) in [6.07, 6.45) is -0.184. The molecule has 0 rings (SSSR count). The molecule has 0 aromatic rings. The van der Waals surface area contributed by atoms with E-state index in [1.54, 1.807) is 6.92 Å². The highest BCUT2D eigenvalue weighted by atomic mass is 16.7. The number of hydrogen-bond donors (Lipinski definition) is 2. The Morgan fingerprint density at radius 1 is 1.17 bits per heavy atom. The molecule has 0 amide bonds. The minimum absolute atomic E-state index is 0.0367. The molecule has 2 N–H and O–H groups in total. The maximum Gasteiger partial charge on any atom is 0.305 e. The second-order valence-corrected chi connectivity index (χ2v) is 5.96. The summed E-state index contributed by atoms with van der Waals surface area (Å²) in [7, 11) is 0. The van der Waals surface area contributed by atoms with Gasteiger partial charge in [-0.05, 0) is 25.2 Å². The van der Waals surface area contributed by atoms with E-state index >= 15 is 0 Å². The van der Waals surface area contributed by atoms with Crippen molar-refractivity contribution in [3.05, 3.63) is 0 Å². The van der Waals surface area contributed by atoms with Crippen molar-refractivity contribution >= 4 is 11.9 Å². The van der Waals surface area contributed by atoms with E-state index in [4.69, 9.17) is 19.3 Å². The Hall–Kier alpha value is -1.18. The van der Waals surface area contributed by atoms with Gasteiger partial charge in [0.15, 0.2) is 6.29 Å². The second kappa shape index (κ2) is 11.4. The molecule has 0 aliphatic carbocycles. The van der Waals surface area contributed by atoms with Crippen LogP contribution in [0, 0.1) is 5.41 Å². The third kappa shape index (κ3) is 9.53. The van der Waals surface area contributed by atoms with Gasteiger partial charge in [0.2, 0.25) is 0 Å². The lowest BCUT2D eigenvalue weighted by molar-refractivity contribution is -0.221. The third-order valence-electron chi connectivity index (χ3n) is 3.77. The van der Waals surface area contributed by atoms with Crippen LogP contribution in [0.5, 0.6) is 0 Å². The molecule has 7 nitrogen and oxygen atoms in total. The van der Waals surface area contributed by atoms with E-state index in [-0.39, 0.29) is 37.9 Å². The number of esters is 1. The van der Waals surface area contributed by atoms with Crippen molar-refractivity contribution in [3.8, 4) is 0 Å². The summed E-state index contributed by atoms with van der Waals surface area (Å²) in [5.41, 5.74) is -0.240. The van der Waals surface area contributed by atoms with E-state index in [2.05, 4.69) is 0 Å². The summed E-state index contributed by atoms with van der Waals surface area (Å²) in [6, 6.07) is 0. The molecular weight excluding hydrogens is 304 g/mol. The standard InChI is InChI=1S/C16H30O7/c1-5-16(3,4)12(10-17)23-15(21-6-2)11-22-14(20)9-7-8-13(18)19/h12,15,17H,5-11H2,1-4H3,(H,18,19). The molecule has 0 spiro atoms. The topological polar surface area (TPSA) is 102 Å². The number of ether oxygens (including phenoxy) is 3. The van der Waals surface area contributed by atoms with E-state index in [1.165, 1.54) is 0 Å². The van der Waals surface area contributed by atoms with Gasteiger partial charge in [-0.1, -0.05) is 20.8 Å². The number of aliphatic hydroxyl groups is 1. The van der Waals surface area contributed by atoms with E-state index in [1.807, 2.05) is 20.8 Å². The predicted octanol–water partition coefficient (Wildman–Crippen LogP) is 1.96. The molecule has 0 heterocycles. The Bertz CT molecular complexity index is 354. The van der Waals surface area contributed by atoms with Crippen LogP contribution in [0.4, 0.5) is 0 Å². The fourth-order valence-corrected chi connectivity index (χ4v) is 1.81. The summed E-state index contributed by atoms with van der Waals surface area (Å²) in [6.45, 7) is 7.90. The van der Waals surface area contributed by atoms with E-state index in [0.717, 1.165) is 6.42 Å². The first-order valence-corrected chi connectivity index (χ1v) is 8.02. The highest BCUT2D eigenvalue weighted by molar-refractivity contribution is 5.71. The van der Waals surface area contributed by atoms with Crippen LogP contribution in [0.3, 0.4) is 0 Å². The maximum absolute atomic E-state index is 11.6. The van der Waals surface area contributed by atoms with Crippen molar-refractivity contribution in [2.75, 3.05) is 19.8 Å². The molecule has 0 aliphatic heterocycles. The van der Waals surface area contributed by atoms with Gasteiger partial charge in [0.05, 0.1) is 12.7 Å².